The first-order valence-corrected chi connectivity index (χ1v) is 20.2. The molecule has 1 aromatic heterocycles. The predicted octanol–water partition coefficient (Wildman–Crippen LogP) is -0.723. The Hall–Kier alpha value is -5.50. The zero-order valence-corrected chi connectivity index (χ0v) is 35.4. The first kappa shape index (κ1) is 48.9. The van der Waals surface area contributed by atoms with Gasteiger partial charge in [-0.2, -0.15) is 12.6 Å². The van der Waals surface area contributed by atoms with E-state index in [0.717, 1.165) is 10.9 Å². The molecule has 0 bridgehead atoms. The second-order valence-corrected chi connectivity index (χ2v) is 15.8. The first-order valence-electron chi connectivity index (χ1n) is 19.6. The van der Waals surface area contributed by atoms with Crippen LogP contribution in [0.15, 0.2) is 60.8 Å². The van der Waals surface area contributed by atoms with Crippen molar-refractivity contribution >= 4 is 64.9 Å². The molecule has 18 nitrogen and oxygen atoms in total. The van der Waals surface area contributed by atoms with Gasteiger partial charge in [0.05, 0.1) is 18.2 Å². The summed E-state index contributed by atoms with van der Waals surface area (Å²) in [5, 5.41) is 47.0. The molecule has 3 rings (SSSR count). The first-order chi connectivity index (χ1) is 28.2. The average molecular weight is 855 g/mol. The summed E-state index contributed by atoms with van der Waals surface area (Å²) in [6.45, 7) is 8.99. The van der Waals surface area contributed by atoms with Gasteiger partial charge < -0.3 is 57.9 Å². The number of nitrogens with two attached hydrogens (primary N) is 1. The van der Waals surface area contributed by atoms with Crippen molar-refractivity contribution < 1.29 is 48.9 Å². The van der Waals surface area contributed by atoms with E-state index in [0.29, 0.717) is 11.1 Å². The molecule has 60 heavy (non-hydrogen) atoms. The minimum absolute atomic E-state index is 0.00580. The molecule has 3 aromatic rings. The average Bonchev–Trinajstić information content (AvgIpc) is 3.60. The summed E-state index contributed by atoms with van der Waals surface area (Å²) in [6.07, 6.45) is -1.64. The topological polar surface area (TPSA) is 294 Å². The second kappa shape index (κ2) is 22.8. The van der Waals surface area contributed by atoms with Crippen LogP contribution in [0, 0.1) is 11.8 Å². The molecular formula is C41H58N8O10S. The highest BCUT2D eigenvalue weighted by Crippen LogP contribution is 2.20. The Labute approximate surface area is 354 Å². The summed E-state index contributed by atoms with van der Waals surface area (Å²) in [5.74, 6) is -7.47. The number of fused-ring (bicyclic) bond motifs is 1. The molecule has 0 fully saturated rings. The lowest BCUT2D eigenvalue weighted by molar-refractivity contribution is -0.143. The van der Waals surface area contributed by atoms with Gasteiger partial charge in [-0.25, -0.2) is 4.79 Å². The molecule has 0 saturated heterocycles. The second-order valence-electron chi connectivity index (χ2n) is 15.4. The van der Waals surface area contributed by atoms with E-state index in [2.05, 4.69) is 49.5 Å². The zero-order chi connectivity index (χ0) is 44.8. The highest BCUT2D eigenvalue weighted by Gasteiger charge is 2.37. The number of hydrogen-bond donors (Lipinski definition) is 12. The maximum atomic E-state index is 14.1. The quantitative estimate of drug-likeness (QED) is 0.0560. The van der Waals surface area contributed by atoms with E-state index in [1.807, 2.05) is 12.1 Å². The highest BCUT2D eigenvalue weighted by molar-refractivity contribution is 7.80. The number of aliphatic carboxylic acids is 1. The fraction of sp³-hybridized carbons (Fsp3) is 0.488. The number of carboxylic acids is 1. The number of carbonyl (C=O) groups excluding carboxylic acids is 6. The summed E-state index contributed by atoms with van der Waals surface area (Å²) in [7, 11) is 0. The van der Waals surface area contributed by atoms with Crippen molar-refractivity contribution in [3.63, 3.8) is 0 Å². The third kappa shape index (κ3) is 13.8. The Balaban J connectivity index is 1.90. The lowest BCUT2D eigenvalue weighted by Gasteiger charge is -2.29. The van der Waals surface area contributed by atoms with Crippen molar-refractivity contribution in [3.05, 3.63) is 71.9 Å². The van der Waals surface area contributed by atoms with Crippen LogP contribution < -0.4 is 37.6 Å². The van der Waals surface area contributed by atoms with Crippen LogP contribution in [0.5, 0.6) is 0 Å². The van der Waals surface area contributed by atoms with Crippen LogP contribution in [0.1, 0.15) is 52.7 Å². The minimum atomic E-state index is -1.70. The number of carbonyl (C=O) groups is 7. The van der Waals surface area contributed by atoms with Crippen molar-refractivity contribution in [2.24, 2.45) is 17.6 Å². The Morgan fingerprint density at radius 2 is 1.05 bits per heavy atom. The summed E-state index contributed by atoms with van der Waals surface area (Å²) in [5.41, 5.74) is 7.70. The Morgan fingerprint density at radius 3 is 1.55 bits per heavy atom. The lowest BCUT2D eigenvalue weighted by atomic mass is 10.00. The van der Waals surface area contributed by atoms with Crippen LogP contribution in [0.3, 0.4) is 0 Å². The number of carboxylic acid groups (broad SMARTS) is 1. The van der Waals surface area contributed by atoms with Gasteiger partial charge in [-0.05, 0) is 42.9 Å². The number of aromatic nitrogens is 1. The predicted molar refractivity (Wildman–Crippen MR) is 226 cm³/mol. The standard InChI is InChI=1S/C41H58N8O10S/c1-20(2)31(46-35(52)27(42)19-60)38(55)49-34(23(6)51)40(57)44-29(16-24-12-8-7-9-13-24)36(53)48-33(22(5)50)39(56)45-30(37(54)47-32(21(3)4)41(58)59)17-25-18-43-28-15-11-10-14-26(25)28/h7-15,18,20-23,27,29-34,43,50-51,60H,16-17,19,42H2,1-6H3,(H,44,57)(H,45,56)(H,46,52)(H,47,54)(H,48,53)(H,49,55)(H,58,59)/t22-,23-,27+,29+,30+,31+,32+,33+,34+/m1/s1. The number of rotatable bonds is 22. The van der Waals surface area contributed by atoms with E-state index < -0.39 is 108 Å². The molecule has 0 spiro atoms. The summed E-state index contributed by atoms with van der Waals surface area (Å²) in [4.78, 5) is 96.5. The van der Waals surface area contributed by atoms with Gasteiger partial charge in [-0.15, -0.1) is 0 Å². The number of aliphatic hydroxyl groups is 2. The number of thiol groups is 1. The van der Waals surface area contributed by atoms with E-state index in [1.165, 1.54) is 13.8 Å². The zero-order valence-electron chi connectivity index (χ0n) is 34.5. The smallest absolute Gasteiger partial charge is 0.326 e. The molecule has 0 aliphatic carbocycles. The number of hydrogen-bond acceptors (Lipinski definition) is 11. The Bertz CT molecular complexity index is 1960. The van der Waals surface area contributed by atoms with Crippen molar-refractivity contribution in [2.75, 3.05) is 5.75 Å². The van der Waals surface area contributed by atoms with Crippen LogP contribution in [0.2, 0.25) is 0 Å². The van der Waals surface area contributed by atoms with Gasteiger partial charge in [0.1, 0.15) is 36.3 Å². The molecule has 328 valence electrons. The molecule has 2 aromatic carbocycles. The van der Waals surface area contributed by atoms with Gasteiger partial charge in [0.2, 0.25) is 35.4 Å². The fourth-order valence-electron chi connectivity index (χ4n) is 6.26. The van der Waals surface area contributed by atoms with Gasteiger partial charge in [0, 0.05) is 35.7 Å². The molecular weight excluding hydrogens is 797 g/mol. The summed E-state index contributed by atoms with van der Waals surface area (Å²) in [6, 6.07) is 6.10. The van der Waals surface area contributed by atoms with Crippen LogP contribution in [-0.2, 0) is 46.4 Å². The van der Waals surface area contributed by atoms with Gasteiger partial charge in [-0.3, -0.25) is 28.8 Å². The van der Waals surface area contributed by atoms with E-state index in [9.17, 15) is 48.9 Å². The van der Waals surface area contributed by atoms with Gasteiger partial charge in [0.15, 0.2) is 0 Å². The highest BCUT2D eigenvalue weighted by atomic mass is 32.1. The number of amides is 6. The number of para-hydroxylation sites is 1. The molecule has 1 heterocycles. The van der Waals surface area contributed by atoms with E-state index in [1.54, 1.807) is 76.4 Å². The molecule has 0 aliphatic heterocycles. The Kier molecular flexibility index (Phi) is 18.5. The molecule has 0 aliphatic rings. The molecule has 6 amide bonds. The molecule has 19 heteroatoms. The van der Waals surface area contributed by atoms with Crippen LogP contribution in [0.4, 0.5) is 0 Å². The fourth-order valence-corrected chi connectivity index (χ4v) is 6.43. The number of H-pyrrole nitrogens is 1. The van der Waals surface area contributed by atoms with Crippen molar-refractivity contribution in [3.8, 4) is 0 Å². The van der Waals surface area contributed by atoms with E-state index in [-0.39, 0.29) is 18.6 Å². The molecule has 12 N–H and O–H groups in total. The molecule has 0 unspecified atom stereocenters. The van der Waals surface area contributed by atoms with E-state index in [4.69, 9.17) is 5.73 Å². The van der Waals surface area contributed by atoms with Crippen LogP contribution >= 0.6 is 12.6 Å². The number of benzene rings is 2. The SMILES string of the molecule is CC(C)[C@H](NC(=O)[C@H](Cc1c[nH]c2ccccc12)NC(=O)[C@@H](NC(=O)[C@H](Cc1ccccc1)NC(=O)[C@@H](NC(=O)[C@@H](NC(=O)[C@@H](N)CS)C(C)C)[C@@H](C)O)[C@@H](C)O)C(=O)O. The number of nitrogens with one attached hydrogen (secondary N) is 7. The van der Waals surface area contributed by atoms with Gasteiger partial charge >= 0.3 is 5.97 Å². The van der Waals surface area contributed by atoms with Gasteiger partial charge in [-0.1, -0.05) is 76.2 Å². The van der Waals surface area contributed by atoms with Crippen molar-refractivity contribution in [1.29, 1.82) is 0 Å². The third-order valence-corrected chi connectivity index (χ3v) is 10.2. The minimum Gasteiger partial charge on any atom is -0.480 e. The third-order valence-electron chi connectivity index (χ3n) is 9.78. The maximum Gasteiger partial charge on any atom is 0.326 e. The Morgan fingerprint density at radius 1 is 0.600 bits per heavy atom. The monoisotopic (exact) mass is 854 g/mol. The van der Waals surface area contributed by atoms with Crippen LogP contribution in [0.25, 0.3) is 10.9 Å². The number of aliphatic hydroxyl groups excluding tert-OH is 2. The summed E-state index contributed by atoms with van der Waals surface area (Å²) < 4.78 is 0. The van der Waals surface area contributed by atoms with Crippen LogP contribution in [-0.4, -0.2) is 122 Å². The van der Waals surface area contributed by atoms with Gasteiger partial charge in [0.25, 0.3) is 0 Å². The molecule has 0 saturated carbocycles. The lowest BCUT2D eigenvalue weighted by Crippen LogP contribution is -2.63. The normalized spacial score (nSPS) is 15.9. The largest absolute Gasteiger partial charge is 0.480 e. The van der Waals surface area contributed by atoms with Crippen molar-refractivity contribution in [1.82, 2.24) is 36.9 Å². The number of aromatic amines is 1. The van der Waals surface area contributed by atoms with E-state index >= 15 is 0 Å². The molecule has 0 radical (unpaired) electrons. The maximum absolute atomic E-state index is 14.1. The van der Waals surface area contributed by atoms with Crippen molar-refractivity contribution in [2.45, 2.75) is 109 Å². The summed E-state index contributed by atoms with van der Waals surface area (Å²) >= 11 is 4.01. The molecule has 9 atom stereocenters.